The normalized spacial score (nSPS) is 13.6. The van der Waals surface area contributed by atoms with E-state index in [2.05, 4.69) is 6.07 Å². The molecule has 0 aromatic heterocycles. The van der Waals surface area contributed by atoms with Crippen LogP contribution < -0.4 is 9.21 Å². The SMILES string of the molecule is CN(c1ccc(C(=O)N2CCCc3ccccc32)cc1)S(=O)(=O)c1ccccc1. The number of hydrogen-bond donors (Lipinski definition) is 0. The Morgan fingerprint density at radius 3 is 2.28 bits per heavy atom. The smallest absolute Gasteiger partial charge is 0.264 e. The van der Waals surface area contributed by atoms with Gasteiger partial charge >= 0.3 is 0 Å². The fourth-order valence-electron chi connectivity index (χ4n) is 3.60. The van der Waals surface area contributed by atoms with E-state index in [1.165, 1.54) is 16.9 Å². The number of aryl methyl sites for hydroxylation is 1. The molecule has 1 amide bonds. The van der Waals surface area contributed by atoms with E-state index in [4.69, 9.17) is 0 Å². The second-order valence-electron chi connectivity index (χ2n) is 7.02. The van der Waals surface area contributed by atoms with Crippen molar-refractivity contribution in [1.82, 2.24) is 0 Å². The lowest BCUT2D eigenvalue weighted by molar-refractivity contribution is 0.0985. The van der Waals surface area contributed by atoms with E-state index in [1.807, 2.05) is 18.2 Å². The van der Waals surface area contributed by atoms with Gasteiger partial charge in [-0.25, -0.2) is 8.42 Å². The number of anilines is 2. The molecule has 0 saturated heterocycles. The summed E-state index contributed by atoms with van der Waals surface area (Å²) in [4.78, 5) is 15.1. The molecule has 1 heterocycles. The van der Waals surface area contributed by atoms with Gasteiger partial charge in [-0.2, -0.15) is 0 Å². The minimum atomic E-state index is -3.65. The molecule has 4 rings (SSSR count). The van der Waals surface area contributed by atoms with Gasteiger partial charge in [0, 0.05) is 24.8 Å². The van der Waals surface area contributed by atoms with Crippen LogP contribution in [-0.2, 0) is 16.4 Å². The third-order valence-electron chi connectivity index (χ3n) is 5.23. The van der Waals surface area contributed by atoms with Crippen molar-refractivity contribution in [2.24, 2.45) is 0 Å². The monoisotopic (exact) mass is 406 g/mol. The Morgan fingerprint density at radius 2 is 1.55 bits per heavy atom. The highest BCUT2D eigenvalue weighted by Crippen LogP contribution is 2.29. The number of para-hydroxylation sites is 1. The molecule has 0 bridgehead atoms. The van der Waals surface area contributed by atoms with E-state index in [0.29, 0.717) is 17.8 Å². The van der Waals surface area contributed by atoms with Crippen molar-refractivity contribution >= 4 is 27.3 Å². The molecule has 0 saturated carbocycles. The summed E-state index contributed by atoms with van der Waals surface area (Å²) >= 11 is 0. The number of fused-ring (bicyclic) bond motifs is 1. The van der Waals surface area contributed by atoms with E-state index in [1.54, 1.807) is 59.5 Å². The third-order valence-corrected chi connectivity index (χ3v) is 7.03. The molecule has 1 aliphatic heterocycles. The van der Waals surface area contributed by atoms with Crippen molar-refractivity contribution in [2.45, 2.75) is 17.7 Å². The van der Waals surface area contributed by atoms with Gasteiger partial charge in [-0.05, 0) is 60.9 Å². The molecule has 1 aliphatic rings. The van der Waals surface area contributed by atoms with Crippen LogP contribution in [0, 0.1) is 0 Å². The lowest BCUT2D eigenvalue weighted by Gasteiger charge is -2.29. The van der Waals surface area contributed by atoms with Crippen molar-refractivity contribution in [3.63, 3.8) is 0 Å². The number of carbonyl (C=O) groups excluding carboxylic acids is 1. The number of nitrogens with zero attached hydrogens (tertiary/aromatic N) is 2. The van der Waals surface area contributed by atoms with Gasteiger partial charge in [-0.1, -0.05) is 36.4 Å². The summed E-state index contributed by atoms with van der Waals surface area (Å²) in [6.45, 7) is 0.680. The number of carbonyl (C=O) groups is 1. The van der Waals surface area contributed by atoms with E-state index in [-0.39, 0.29) is 10.8 Å². The van der Waals surface area contributed by atoms with Crippen LogP contribution in [0.25, 0.3) is 0 Å². The van der Waals surface area contributed by atoms with Gasteiger partial charge in [0.25, 0.3) is 15.9 Å². The lowest BCUT2D eigenvalue weighted by Crippen LogP contribution is -2.35. The second-order valence-corrected chi connectivity index (χ2v) is 8.99. The van der Waals surface area contributed by atoms with Crippen molar-refractivity contribution in [1.29, 1.82) is 0 Å². The molecule has 0 spiro atoms. The van der Waals surface area contributed by atoms with Crippen LogP contribution in [0.1, 0.15) is 22.3 Å². The van der Waals surface area contributed by atoms with Gasteiger partial charge in [0.1, 0.15) is 0 Å². The molecule has 6 heteroatoms. The van der Waals surface area contributed by atoms with Crippen molar-refractivity contribution < 1.29 is 13.2 Å². The maximum Gasteiger partial charge on any atom is 0.264 e. The van der Waals surface area contributed by atoms with Crippen LogP contribution in [0.4, 0.5) is 11.4 Å². The fraction of sp³-hybridized carbons (Fsp3) is 0.174. The van der Waals surface area contributed by atoms with Gasteiger partial charge in [-0.15, -0.1) is 0 Å². The zero-order valence-corrected chi connectivity index (χ0v) is 17.0. The van der Waals surface area contributed by atoms with E-state index in [9.17, 15) is 13.2 Å². The maximum atomic E-state index is 13.1. The molecule has 0 fully saturated rings. The van der Waals surface area contributed by atoms with Crippen molar-refractivity contribution in [3.8, 4) is 0 Å². The summed E-state index contributed by atoms with van der Waals surface area (Å²) in [5.74, 6) is -0.0720. The van der Waals surface area contributed by atoms with Crippen LogP contribution >= 0.6 is 0 Å². The number of hydrogen-bond acceptors (Lipinski definition) is 3. The zero-order valence-electron chi connectivity index (χ0n) is 16.2. The second kappa shape index (κ2) is 7.72. The molecule has 3 aromatic rings. The van der Waals surface area contributed by atoms with Crippen LogP contribution in [0.3, 0.4) is 0 Å². The molecule has 0 radical (unpaired) electrons. The minimum Gasteiger partial charge on any atom is -0.308 e. The number of rotatable bonds is 4. The van der Waals surface area contributed by atoms with E-state index < -0.39 is 10.0 Å². The quantitative estimate of drug-likeness (QED) is 0.655. The highest BCUT2D eigenvalue weighted by Gasteiger charge is 2.24. The highest BCUT2D eigenvalue weighted by atomic mass is 32.2. The average Bonchev–Trinajstić information content (AvgIpc) is 2.78. The first-order valence-corrected chi connectivity index (χ1v) is 11.0. The topological polar surface area (TPSA) is 57.7 Å². The van der Waals surface area contributed by atoms with E-state index >= 15 is 0 Å². The Hall–Kier alpha value is -3.12. The maximum absolute atomic E-state index is 13.1. The summed E-state index contributed by atoms with van der Waals surface area (Å²) < 4.78 is 26.8. The van der Waals surface area contributed by atoms with Crippen LogP contribution in [-0.4, -0.2) is 27.9 Å². The molecule has 0 atom stereocenters. The predicted molar refractivity (Wildman–Crippen MR) is 115 cm³/mol. The van der Waals surface area contributed by atoms with Gasteiger partial charge in [-0.3, -0.25) is 9.10 Å². The summed E-state index contributed by atoms with van der Waals surface area (Å²) in [5, 5.41) is 0. The first-order chi connectivity index (χ1) is 14.0. The van der Waals surface area contributed by atoms with Crippen LogP contribution in [0.15, 0.2) is 83.8 Å². The van der Waals surface area contributed by atoms with Gasteiger partial charge < -0.3 is 4.90 Å². The van der Waals surface area contributed by atoms with E-state index in [0.717, 1.165) is 18.5 Å². The molecule has 3 aromatic carbocycles. The number of benzene rings is 3. The Kier molecular flexibility index (Phi) is 5.11. The summed E-state index contributed by atoms with van der Waals surface area (Å²) in [6, 6.07) is 23.0. The molecular weight excluding hydrogens is 384 g/mol. The fourth-order valence-corrected chi connectivity index (χ4v) is 4.82. The highest BCUT2D eigenvalue weighted by molar-refractivity contribution is 7.92. The summed E-state index contributed by atoms with van der Waals surface area (Å²) in [7, 11) is -2.13. The zero-order chi connectivity index (χ0) is 20.4. The first kappa shape index (κ1) is 19.2. The Labute approximate surface area is 171 Å². The van der Waals surface area contributed by atoms with Crippen LogP contribution in [0.2, 0.25) is 0 Å². The summed E-state index contributed by atoms with van der Waals surface area (Å²) in [5.41, 5.74) is 3.18. The minimum absolute atomic E-state index is 0.0720. The summed E-state index contributed by atoms with van der Waals surface area (Å²) in [6.07, 6.45) is 1.90. The molecule has 29 heavy (non-hydrogen) atoms. The largest absolute Gasteiger partial charge is 0.308 e. The third kappa shape index (κ3) is 3.63. The molecule has 5 nitrogen and oxygen atoms in total. The molecular formula is C23H22N2O3S. The van der Waals surface area contributed by atoms with Gasteiger partial charge in [0.15, 0.2) is 0 Å². The Morgan fingerprint density at radius 1 is 0.897 bits per heavy atom. The lowest BCUT2D eigenvalue weighted by atomic mass is 10.0. The van der Waals surface area contributed by atoms with Gasteiger partial charge in [0.2, 0.25) is 0 Å². The molecule has 0 unspecified atom stereocenters. The van der Waals surface area contributed by atoms with Crippen molar-refractivity contribution in [2.75, 3.05) is 22.8 Å². The number of sulfonamides is 1. The standard InChI is InChI=1S/C23H22N2O3S/c1-24(29(27,28)21-10-3-2-4-11-21)20-15-13-19(14-16-20)23(26)25-17-7-9-18-8-5-6-12-22(18)25/h2-6,8,10-16H,7,9,17H2,1H3. The number of amides is 1. The van der Waals surface area contributed by atoms with Gasteiger partial charge in [0.05, 0.1) is 10.6 Å². The first-order valence-electron chi connectivity index (χ1n) is 9.52. The van der Waals surface area contributed by atoms with Crippen LogP contribution in [0.5, 0.6) is 0 Å². The Bertz CT molecular complexity index is 1130. The van der Waals surface area contributed by atoms with Crippen molar-refractivity contribution in [3.05, 3.63) is 90.0 Å². The molecule has 0 N–H and O–H groups in total. The average molecular weight is 407 g/mol. The predicted octanol–water partition coefficient (Wildman–Crippen LogP) is 4.10. The molecule has 0 aliphatic carbocycles. The molecule has 148 valence electrons. The Balaban J connectivity index is 1.58.